The first-order valence-electron chi connectivity index (χ1n) is 9.05. The zero-order valence-electron chi connectivity index (χ0n) is 16.9. The summed E-state index contributed by atoms with van der Waals surface area (Å²) in [7, 11) is 0.818. The number of carbonyl (C=O) groups is 1. The van der Waals surface area contributed by atoms with Gasteiger partial charge in [0.15, 0.2) is 5.78 Å². The SMILES string of the molecule is CC(=O)COc1ncccc1Sc1cc(-n2c(=O)cc(C(F)(F)F)n(C)c2=O)c(F)cc1Cl. The quantitative estimate of drug-likeness (QED) is 0.475. The summed E-state index contributed by atoms with van der Waals surface area (Å²) in [6, 6.07) is 5.24. The maximum atomic E-state index is 14.7. The summed E-state index contributed by atoms with van der Waals surface area (Å²) >= 11 is 7.05. The fraction of sp³-hybridized carbons (Fsp3) is 0.200. The van der Waals surface area contributed by atoms with Crippen LogP contribution in [0.2, 0.25) is 5.02 Å². The maximum Gasteiger partial charge on any atom is 0.431 e. The van der Waals surface area contributed by atoms with Gasteiger partial charge in [0.1, 0.15) is 18.1 Å². The number of hydrogen-bond donors (Lipinski definition) is 0. The van der Waals surface area contributed by atoms with E-state index in [1.54, 1.807) is 12.1 Å². The normalized spacial score (nSPS) is 11.5. The number of aromatic nitrogens is 3. The molecule has 0 saturated heterocycles. The number of ether oxygens (including phenoxy) is 1. The summed E-state index contributed by atoms with van der Waals surface area (Å²) in [5.74, 6) is -1.26. The molecule has 0 atom stereocenters. The standard InChI is InChI=1S/C20H14ClF4N3O4S/c1-10(29)9-32-18-14(4-3-5-26-18)33-15-7-13(12(22)6-11(15)21)28-17(30)8-16(20(23,24)25)27(2)19(28)31/h3-8H,9H2,1-2H3. The van der Waals surface area contributed by atoms with Crippen molar-refractivity contribution in [2.75, 3.05) is 6.61 Å². The molecule has 3 aromatic rings. The van der Waals surface area contributed by atoms with Crippen LogP contribution in [-0.4, -0.2) is 26.5 Å². The minimum absolute atomic E-state index is 0.0854. The molecule has 0 amide bonds. The summed E-state index contributed by atoms with van der Waals surface area (Å²) in [5, 5.41) is -0.0978. The first-order chi connectivity index (χ1) is 15.4. The van der Waals surface area contributed by atoms with Gasteiger partial charge in [-0.25, -0.2) is 18.7 Å². The molecule has 0 unspecified atom stereocenters. The number of ketones is 1. The highest BCUT2D eigenvalue weighted by Crippen LogP contribution is 2.39. The van der Waals surface area contributed by atoms with Gasteiger partial charge in [0, 0.05) is 24.2 Å². The molecule has 0 aliphatic heterocycles. The molecule has 0 fully saturated rings. The van der Waals surface area contributed by atoms with E-state index in [9.17, 15) is 31.9 Å². The minimum atomic E-state index is -4.96. The van der Waals surface area contributed by atoms with Crippen molar-refractivity contribution >= 4 is 29.1 Å². The van der Waals surface area contributed by atoms with E-state index < -0.39 is 34.6 Å². The van der Waals surface area contributed by atoms with Crippen LogP contribution in [0.5, 0.6) is 5.88 Å². The van der Waals surface area contributed by atoms with Gasteiger partial charge in [0.05, 0.1) is 15.6 Å². The van der Waals surface area contributed by atoms with Crippen molar-refractivity contribution in [3.63, 3.8) is 0 Å². The van der Waals surface area contributed by atoms with Crippen LogP contribution in [0.4, 0.5) is 17.6 Å². The molecule has 174 valence electrons. The lowest BCUT2D eigenvalue weighted by Gasteiger charge is -2.15. The fourth-order valence-electron chi connectivity index (χ4n) is 2.74. The third-order valence-corrected chi connectivity index (χ3v) is 5.73. The summed E-state index contributed by atoms with van der Waals surface area (Å²) < 4.78 is 59.8. The Kier molecular flexibility index (Phi) is 6.98. The Labute approximate surface area is 192 Å². The lowest BCUT2D eigenvalue weighted by Crippen LogP contribution is -2.41. The van der Waals surface area contributed by atoms with Crippen LogP contribution in [0.15, 0.2) is 55.9 Å². The van der Waals surface area contributed by atoms with Gasteiger partial charge in [0.25, 0.3) is 5.56 Å². The Balaban J connectivity index is 2.12. The van der Waals surface area contributed by atoms with Crippen LogP contribution in [0.3, 0.4) is 0 Å². The summed E-state index contributed by atoms with van der Waals surface area (Å²) in [6.45, 7) is 1.07. The second kappa shape index (κ2) is 9.40. The second-order valence-electron chi connectivity index (χ2n) is 6.68. The number of nitrogens with zero attached hydrogens (tertiary/aromatic N) is 3. The Morgan fingerprint density at radius 1 is 1.21 bits per heavy atom. The molecule has 3 rings (SSSR count). The molecule has 13 heteroatoms. The molecule has 2 aromatic heterocycles. The molecule has 0 bridgehead atoms. The van der Waals surface area contributed by atoms with E-state index in [0.717, 1.165) is 30.9 Å². The molecule has 7 nitrogen and oxygen atoms in total. The predicted octanol–water partition coefficient (Wildman–Crippen LogP) is 3.86. The number of benzene rings is 1. The second-order valence-corrected chi connectivity index (χ2v) is 8.17. The van der Waals surface area contributed by atoms with Crippen molar-refractivity contribution in [3.8, 4) is 11.6 Å². The van der Waals surface area contributed by atoms with E-state index in [4.69, 9.17) is 16.3 Å². The van der Waals surface area contributed by atoms with Crippen LogP contribution in [0.1, 0.15) is 12.6 Å². The van der Waals surface area contributed by atoms with Gasteiger partial charge in [-0.3, -0.25) is 14.2 Å². The molecule has 1 aromatic carbocycles. The molecule has 0 aliphatic carbocycles. The number of carbonyl (C=O) groups excluding carboxylic acids is 1. The number of alkyl halides is 3. The largest absolute Gasteiger partial charge is 0.469 e. The van der Waals surface area contributed by atoms with Crippen molar-refractivity contribution in [1.82, 2.24) is 14.1 Å². The molecule has 0 saturated carbocycles. The molecule has 33 heavy (non-hydrogen) atoms. The van der Waals surface area contributed by atoms with Crippen LogP contribution in [0, 0.1) is 5.82 Å². The van der Waals surface area contributed by atoms with Gasteiger partial charge in [-0.1, -0.05) is 23.4 Å². The highest BCUT2D eigenvalue weighted by molar-refractivity contribution is 7.99. The molecule has 0 aliphatic rings. The highest BCUT2D eigenvalue weighted by atomic mass is 35.5. The van der Waals surface area contributed by atoms with Crippen LogP contribution >= 0.6 is 23.4 Å². The fourth-order valence-corrected chi connectivity index (χ4v) is 3.91. The van der Waals surface area contributed by atoms with Gasteiger partial charge >= 0.3 is 11.9 Å². The van der Waals surface area contributed by atoms with Crippen LogP contribution in [0.25, 0.3) is 5.69 Å². The number of Topliss-reactive ketones (excluding diaryl/α,β-unsaturated/α-hetero) is 1. The monoisotopic (exact) mass is 503 g/mol. The predicted molar refractivity (Wildman–Crippen MR) is 112 cm³/mol. The van der Waals surface area contributed by atoms with Gasteiger partial charge in [-0.15, -0.1) is 0 Å². The van der Waals surface area contributed by atoms with E-state index in [-0.39, 0.29) is 43.4 Å². The number of pyridine rings is 1. The summed E-state index contributed by atoms with van der Waals surface area (Å²) in [5.41, 5.74) is -4.81. The van der Waals surface area contributed by atoms with E-state index >= 15 is 0 Å². The van der Waals surface area contributed by atoms with Crippen molar-refractivity contribution < 1.29 is 27.1 Å². The zero-order valence-corrected chi connectivity index (χ0v) is 18.5. The van der Waals surface area contributed by atoms with Crippen molar-refractivity contribution in [1.29, 1.82) is 0 Å². The van der Waals surface area contributed by atoms with E-state index in [1.807, 2.05) is 0 Å². The Hall–Kier alpha value is -3.12. The minimum Gasteiger partial charge on any atom is -0.469 e. The molecular formula is C20H14ClF4N3O4S. The van der Waals surface area contributed by atoms with E-state index in [1.165, 1.54) is 13.1 Å². The topological polar surface area (TPSA) is 83.2 Å². The van der Waals surface area contributed by atoms with Crippen molar-refractivity contribution in [2.24, 2.45) is 7.05 Å². The van der Waals surface area contributed by atoms with Crippen LogP contribution in [-0.2, 0) is 18.0 Å². The molecule has 0 spiro atoms. The lowest BCUT2D eigenvalue weighted by molar-refractivity contribution is -0.144. The first kappa shape index (κ1) is 24.5. The smallest absolute Gasteiger partial charge is 0.431 e. The average molecular weight is 504 g/mol. The van der Waals surface area contributed by atoms with Gasteiger partial charge < -0.3 is 4.74 Å². The van der Waals surface area contributed by atoms with Gasteiger partial charge in [0.2, 0.25) is 5.88 Å². The number of hydrogen-bond acceptors (Lipinski definition) is 6. The van der Waals surface area contributed by atoms with E-state index in [0.29, 0.717) is 4.90 Å². The number of rotatable bonds is 6. The molecule has 0 radical (unpaired) electrons. The van der Waals surface area contributed by atoms with Crippen LogP contribution < -0.4 is 16.0 Å². The van der Waals surface area contributed by atoms with E-state index in [2.05, 4.69) is 4.98 Å². The Morgan fingerprint density at radius 3 is 2.55 bits per heavy atom. The lowest BCUT2D eigenvalue weighted by atomic mass is 10.3. The third-order valence-electron chi connectivity index (χ3n) is 4.22. The van der Waals surface area contributed by atoms with Gasteiger partial charge in [-0.05, 0) is 31.2 Å². The highest BCUT2D eigenvalue weighted by Gasteiger charge is 2.35. The van der Waals surface area contributed by atoms with Gasteiger partial charge in [-0.2, -0.15) is 13.2 Å². The molecular weight excluding hydrogens is 490 g/mol. The third kappa shape index (κ3) is 5.28. The summed E-state index contributed by atoms with van der Waals surface area (Å²) in [4.78, 5) is 40.6. The Bertz CT molecular complexity index is 1350. The Morgan fingerprint density at radius 2 is 1.91 bits per heavy atom. The maximum absolute atomic E-state index is 14.7. The zero-order chi connectivity index (χ0) is 24.5. The van der Waals surface area contributed by atoms with Crippen molar-refractivity contribution in [2.45, 2.75) is 22.9 Å². The first-order valence-corrected chi connectivity index (χ1v) is 10.2. The van der Waals surface area contributed by atoms with Crippen molar-refractivity contribution in [3.05, 3.63) is 73.9 Å². The number of halogens is 5. The molecule has 0 N–H and O–H groups in total. The average Bonchev–Trinajstić information content (AvgIpc) is 2.72. The molecule has 2 heterocycles. The summed E-state index contributed by atoms with van der Waals surface area (Å²) in [6.07, 6.45) is -3.54.